The first-order valence-electron chi connectivity index (χ1n) is 14.1. The number of ether oxygens (including phenoxy) is 1. The van der Waals surface area contributed by atoms with Gasteiger partial charge in [0.25, 0.3) is 5.56 Å². The van der Waals surface area contributed by atoms with E-state index in [0.717, 1.165) is 30.3 Å². The van der Waals surface area contributed by atoms with Gasteiger partial charge in [-0.25, -0.2) is 14.2 Å². The molecule has 0 aliphatic heterocycles. The predicted octanol–water partition coefficient (Wildman–Crippen LogP) is 3.34. The van der Waals surface area contributed by atoms with Gasteiger partial charge >= 0.3 is 5.69 Å². The first kappa shape index (κ1) is 32.1. The normalized spacial score (nSPS) is 16.5. The van der Waals surface area contributed by atoms with Crippen LogP contribution in [0.15, 0.2) is 44.7 Å². The second-order valence-corrected chi connectivity index (χ2v) is 11.5. The number of rotatable bonds is 8. The summed E-state index contributed by atoms with van der Waals surface area (Å²) in [4.78, 5) is 46.2. The number of methoxy groups -OCH3 is 1. The molecule has 4 aromatic rings. The minimum Gasteiger partial charge on any atom is -0.496 e. The average Bonchev–Trinajstić information content (AvgIpc) is 3.65. The number of hydrogen-bond donors (Lipinski definition) is 2. The molecule has 1 saturated carbocycles. The van der Waals surface area contributed by atoms with Gasteiger partial charge in [-0.15, -0.1) is 11.3 Å². The highest BCUT2D eigenvalue weighted by Gasteiger charge is 2.24. The smallest absolute Gasteiger partial charge is 0.332 e. The fraction of sp³-hybridized carbons (Fsp3) is 0.467. The molecule has 11 nitrogen and oxygen atoms in total. The van der Waals surface area contributed by atoms with Crippen molar-refractivity contribution >= 4 is 27.5 Å². The molecule has 1 amide bonds. The van der Waals surface area contributed by atoms with Gasteiger partial charge in [-0.05, 0) is 75.3 Å². The molecule has 2 N–H and O–H groups in total. The van der Waals surface area contributed by atoms with Crippen LogP contribution in [0.1, 0.15) is 43.7 Å². The standard InChI is InChI=1S/C24H25FN4O5S.C6H12O2/c1-5-27(3)18(30)13-29-22(31)19-14(2)20(21-26-9-11-34-21)35-23(19)28(24(29)32)10-8-15-12-16(25)6-7-17(15)33-4;7-5-1-2-6(8)4-3-5/h6-7,9,11-12H,5,8,10,13H2,1-4H3;5-8H,1-4H2. The molecular formula is C30H37FN4O7S. The number of amides is 1. The number of fused-ring (bicyclic) bond motifs is 1. The minimum absolute atomic E-state index is 0.137. The van der Waals surface area contributed by atoms with Crippen LogP contribution in [-0.2, 0) is 24.3 Å². The number of hydrogen-bond acceptors (Lipinski definition) is 9. The lowest BCUT2D eigenvalue weighted by molar-refractivity contribution is -0.130. The van der Waals surface area contributed by atoms with Gasteiger partial charge in [0.05, 0.1) is 35.8 Å². The number of carbonyl (C=O) groups is 1. The van der Waals surface area contributed by atoms with Crippen molar-refractivity contribution in [1.29, 1.82) is 0 Å². The zero-order chi connectivity index (χ0) is 31.3. The third-order valence-electron chi connectivity index (χ3n) is 7.63. The van der Waals surface area contributed by atoms with E-state index in [1.807, 2.05) is 0 Å². The lowest BCUT2D eigenvalue weighted by Gasteiger charge is -2.20. The molecule has 0 radical (unpaired) electrons. The topological polar surface area (TPSA) is 140 Å². The van der Waals surface area contributed by atoms with Crippen molar-refractivity contribution in [3.05, 3.63) is 68.4 Å². The number of aliphatic hydroxyl groups excluding tert-OH is 2. The first-order chi connectivity index (χ1) is 20.5. The Morgan fingerprint density at radius 1 is 1.19 bits per heavy atom. The highest BCUT2D eigenvalue weighted by molar-refractivity contribution is 7.22. The van der Waals surface area contributed by atoms with Crippen molar-refractivity contribution in [2.24, 2.45) is 0 Å². The van der Waals surface area contributed by atoms with Crippen LogP contribution < -0.4 is 16.0 Å². The van der Waals surface area contributed by atoms with E-state index >= 15 is 0 Å². The summed E-state index contributed by atoms with van der Waals surface area (Å²) in [6.45, 7) is 3.76. The number of oxazole rings is 1. The Balaban J connectivity index is 0.000000458. The largest absolute Gasteiger partial charge is 0.496 e. The van der Waals surface area contributed by atoms with Crippen LogP contribution in [0.4, 0.5) is 4.39 Å². The fourth-order valence-corrected chi connectivity index (χ4v) is 6.19. The number of nitrogens with zero attached hydrogens (tertiary/aromatic N) is 4. The number of aromatic nitrogens is 3. The van der Waals surface area contributed by atoms with Crippen LogP contribution in [-0.4, -0.2) is 68.0 Å². The van der Waals surface area contributed by atoms with E-state index in [2.05, 4.69) is 4.98 Å². The van der Waals surface area contributed by atoms with E-state index < -0.39 is 17.1 Å². The molecule has 1 aliphatic carbocycles. The lowest BCUT2D eigenvalue weighted by atomic mass is 9.95. The molecule has 3 heterocycles. The van der Waals surface area contributed by atoms with Crippen molar-refractivity contribution in [3.63, 3.8) is 0 Å². The molecular weight excluding hydrogens is 579 g/mol. The van der Waals surface area contributed by atoms with E-state index in [-0.39, 0.29) is 37.6 Å². The molecule has 0 bridgehead atoms. The maximum absolute atomic E-state index is 13.9. The van der Waals surface area contributed by atoms with Crippen LogP contribution in [0.25, 0.3) is 21.0 Å². The zero-order valence-electron chi connectivity index (χ0n) is 24.7. The quantitative estimate of drug-likeness (QED) is 0.307. The highest BCUT2D eigenvalue weighted by Crippen LogP contribution is 2.35. The number of halogens is 1. The summed E-state index contributed by atoms with van der Waals surface area (Å²) >= 11 is 1.22. The van der Waals surface area contributed by atoms with E-state index in [4.69, 9.17) is 19.4 Å². The van der Waals surface area contributed by atoms with Crippen LogP contribution in [0.2, 0.25) is 0 Å². The number of thiophene rings is 1. The monoisotopic (exact) mass is 616 g/mol. The molecule has 1 aliphatic rings. The van der Waals surface area contributed by atoms with Crippen LogP contribution in [0.5, 0.6) is 5.75 Å². The number of aliphatic hydroxyl groups is 2. The van der Waals surface area contributed by atoms with E-state index in [1.165, 1.54) is 58.6 Å². The van der Waals surface area contributed by atoms with Crippen molar-refractivity contribution in [1.82, 2.24) is 19.0 Å². The van der Waals surface area contributed by atoms with Crippen LogP contribution >= 0.6 is 11.3 Å². The van der Waals surface area contributed by atoms with Crippen LogP contribution in [0.3, 0.4) is 0 Å². The molecule has 5 rings (SSSR count). The first-order valence-corrected chi connectivity index (χ1v) is 15.0. The molecule has 0 unspecified atom stereocenters. The second-order valence-electron chi connectivity index (χ2n) is 10.5. The summed E-state index contributed by atoms with van der Waals surface area (Å²) in [5.74, 6) is 0.0497. The zero-order valence-corrected chi connectivity index (χ0v) is 25.5. The molecule has 0 spiro atoms. The summed E-state index contributed by atoms with van der Waals surface area (Å²) < 4.78 is 27.1. The summed E-state index contributed by atoms with van der Waals surface area (Å²) in [6.07, 6.45) is 6.03. The van der Waals surface area contributed by atoms with Crippen LogP contribution in [0, 0.1) is 12.7 Å². The van der Waals surface area contributed by atoms with Gasteiger partial charge in [0.2, 0.25) is 11.8 Å². The number of aryl methyl sites for hydroxylation is 3. The Labute approximate surface area is 251 Å². The maximum Gasteiger partial charge on any atom is 0.332 e. The van der Waals surface area contributed by atoms with Gasteiger partial charge in [0.15, 0.2) is 0 Å². The van der Waals surface area contributed by atoms with Gasteiger partial charge in [-0.2, -0.15) is 0 Å². The summed E-state index contributed by atoms with van der Waals surface area (Å²) in [6, 6.07) is 4.18. The van der Waals surface area contributed by atoms with E-state index in [0.29, 0.717) is 44.4 Å². The fourth-order valence-electron chi connectivity index (χ4n) is 4.94. The Morgan fingerprint density at radius 3 is 2.44 bits per heavy atom. The Kier molecular flexibility index (Phi) is 10.5. The number of benzene rings is 1. The summed E-state index contributed by atoms with van der Waals surface area (Å²) in [5, 5.41) is 18.2. The molecule has 1 fully saturated rings. The Hall–Kier alpha value is -3.81. The third-order valence-corrected chi connectivity index (χ3v) is 8.93. The SMILES string of the molecule is CCN(C)C(=O)Cn1c(=O)c2c(C)c(-c3ncco3)sc2n(CCc2cc(F)ccc2OC)c1=O.OC1CCC(O)CC1. The van der Waals surface area contributed by atoms with Crippen molar-refractivity contribution in [3.8, 4) is 16.5 Å². The average molecular weight is 617 g/mol. The van der Waals surface area contributed by atoms with Crippen molar-refractivity contribution in [2.75, 3.05) is 20.7 Å². The van der Waals surface area contributed by atoms with Gasteiger partial charge in [-0.1, -0.05) is 0 Å². The molecule has 232 valence electrons. The molecule has 13 heteroatoms. The minimum atomic E-state index is -0.615. The Bertz CT molecular complexity index is 1660. The second kappa shape index (κ2) is 14.1. The van der Waals surface area contributed by atoms with Crippen molar-refractivity contribution in [2.45, 2.75) is 71.2 Å². The number of likely N-dealkylation sites (N-methyl/N-ethyl adjacent to an activating group) is 1. The van der Waals surface area contributed by atoms with E-state index in [9.17, 15) is 18.8 Å². The molecule has 0 saturated heterocycles. The van der Waals surface area contributed by atoms with Gasteiger partial charge in [-0.3, -0.25) is 18.7 Å². The highest BCUT2D eigenvalue weighted by atomic mass is 32.1. The summed E-state index contributed by atoms with van der Waals surface area (Å²) in [7, 11) is 3.10. The van der Waals surface area contributed by atoms with Gasteiger partial charge in [0, 0.05) is 20.1 Å². The lowest BCUT2D eigenvalue weighted by Crippen LogP contribution is -2.44. The number of carbonyl (C=O) groups excluding carboxylic acids is 1. The molecule has 3 aromatic heterocycles. The third kappa shape index (κ3) is 7.23. The molecule has 0 atom stereocenters. The van der Waals surface area contributed by atoms with Crippen molar-refractivity contribution < 1.29 is 28.6 Å². The summed E-state index contributed by atoms with van der Waals surface area (Å²) in [5.41, 5.74) is 0.0257. The van der Waals surface area contributed by atoms with E-state index in [1.54, 1.807) is 20.9 Å². The van der Waals surface area contributed by atoms with Gasteiger partial charge < -0.3 is 24.3 Å². The molecule has 43 heavy (non-hydrogen) atoms. The maximum atomic E-state index is 13.9. The van der Waals surface area contributed by atoms with Gasteiger partial charge in [0.1, 0.15) is 29.2 Å². The molecule has 1 aromatic carbocycles. The Morgan fingerprint density at radius 2 is 1.86 bits per heavy atom. The predicted molar refractivity (Wildman–Crippen MR) is 161 cm³/mol.